The summed E-state index contributed by atoms with van der Waals surface area (Å²) in [6.07, 6.45) is 1.01. The van der Waals surface area contributed by atoms with Gasteiger partial charge in [-0.1, -0.05) is 40.2 Å². The summed E-state index contributed by atoms with van der Waals surface area (Å²) in [5, 5.41) is 0. The molecule has 1 atom stereocenters. The zero-order valence-corrected chi connectivity index (χ0v) is 12.3. The molecular weight excluding hydrogens is 304 g/mol. The molecule has 0 N–H and O–H groups in total. The Labute approximate surface area is 121 Å². The number of fused-ring (bicyclic) bond motifs is 1. The summed E-state index contributed by atoms with van der Waals surface area (Å²) in [6.45, 7) is 0.800. The lowest BCUT2D eigenvalue weighted by atomic mass is 10.0. The van der Waals surface area contributed by atoms with Crippen LogP contribution in [0.3, 0.4) is 0 Å². The molecule has 2 nitrogen and oxygen atoms in total. The molecule has 0 aliphatic carbocycles. The highest BCUT2D eigenvalue weighted by atomic mass is 79.9. The van der Waals surface area contributed by atoms with E-state index in [2.05, 4.69) is 46.3 Å². The molecule has 2 aromatic rings. The molecule has 0 saturated heterocycles. The van der Waals surface area contributed by atoms with Crippen LogP contribution in [0.4, 0.5) is 0 Å². The summed E-state index contributed by atoms with van der Waals surface area (Å²) in [7, 11) is 1.68. The Kier molecular flexibility index (Phi) is 3.47. The number of ether oxygens (including phenoxy) is 2. The molecule has 0 bridgehead atoms. The average Bonchev–Trinajstić information content (AvgIpc) is 2.94. The molecule has 0 saturated carbocycles. The molecule has 3 heteroatoms. The van der Waals surface area contributed by atoms with Crippen molar-refractivity contribution in [2.24, 2.45) is 0 Å². The van der Waals surface area contributed by atoms with Crippen molar-refractivity contribution in [2.45, 2.75) is 11.2 Å². The van der Waals surface area contributed by atoms with Crippen LogP contribution in [-0.4, -0.2) is 13.7 Å². The van der Waals surface area contributed by atoms with Crippen molar-refractivity contribution in [3.63, 3.8) is 0 Å². The van der Waals surface area contributed by atoms with E-state index in [1.54, 1.807) is 7.11 Å². The van der Waals surface area contributed by atoms with Crippen molar-refractivity contribution in [1.82, 2.24) is 0 Å². The van der Waals surface area contributed by atoms with Gasteiger partial charge in [0.1, 0.15) is 11.5 Å². The standard InChI is InChI=1S/C16H15BrO2/c1-18-14-5-2-11(3-6-14)16(17)13-4-7-15-12(10-13)8-9-19-15/h2-7,10,16H,8-9H2,1H3. The molecule has 1 unspecified atom stereocenters. The van der Waals surface area contributed by atoms with Gasteiger partial charge in [0.2, 0.25) is 0 Å². The second kappa shape index (κ2) is 5.25. The van der Waals surface area contributed by atoms with E-state index in [9.17, 15) is 0 Å². The minimum absolute atomic E-state index is 0.198. The van der Waals surface area contributed by atoms with Crippen LogP contribution in [0.5, 0.6) is 11.5 Å². The van der Waals surface area contributed by atoms with E-state index >= 15 is 0 Å². The lowest BCUT2D eigenvalue weighted by Crippen LogP contribution is -1.94. The fraction of sp³-hybridized carbons (Fsp3) is 0.250. The molecule has 1 heterocycles. The van der Waals surface area contributed by atoms with Crippen LogP contribution in [0.25, 0.3) is 0 Å². The van der Waals surface area contributed by atoms with Gasteiger partial charge >= 0.3 is 0 Å². The first-order valence-corrected chi connectivity index (χ1v) is 7.23. The van der Waals surface area contributed by atoms with Crippen molar-refractivity contribution in [2.75, 3.05) is 13.7 Å². The first kappa shape index (κ1) is 12.5. The monoisotopic (exact) mass is 318 g/mol. The highest BCUT2D eigenvalue weighted by molar-refractivity contribution is 9.09. The number of rotatable bonds is 3. The number of hydrogen-bond acceptors (Lipinski definition) is 2. The maximum atomic E-state index is 5.54. The molecule has 1 aliphatic heterocycles. The first-order chi connectivity index (χ1) is 9.28. The van der Waals surface area contributed by atoms with E-state index in [1.807, 2.05) is 12.1 Å². The molecule has 1 aliphatic rings. The maximum absolute atomic E-state index is 5.54. The second-order valence-electron chi connectivity index (χ2n) is 4.60. The molecule has 0 radical (unpaired) electrons. The summed E-state index contributed by atoms with van der Waals surface area (Å²) >= 11 is 3.77. The van der Waals surface area contributed by atoms with Gasteiger partial charge < -0.3 is 9.47 Å². The number of halogens is 1. The zero-order valence-electron chi connectivity index (χ0n) is 10.7. The van der Waals surface area contributed by atoms with Gasteiger partial charge in [-0.2, -0.15) is 0 Å². The number of alkyl halides is 1. The van der Waals surface area contributed by atoms with Crippen LogP contribution in [0.15, 0.2) is 42.5 Å². The van der Waals surface area contributed by atoms with Crippen LogP contribution in [0.1, 0.15) is 21.5 Å². The Hall–Kier alpha value is -1.48. The minimum Gasteiger partial charge on any atom is -0.497 e. The van der Waals surface area contributed by atoms with Gasteiger partial charge in [-0.25, -0.2) is 0 Å². The van der Waals surface area contributed by atoms with Gasteiger partial charge in [0.15, 0.2) is 0 Å². The van der Waals surface area contributed by atoms with Crippen molar-refractivity contribution >= 4 is 15.9 Å². The minimum atomic E-state index is 0.198. The largest absolute Gasteiger partial charge is 0.497 e. The second-order valence-corrected chi connectivity index (χ2v) is 5.52. The summed E-state index contributed by atoms with van der Waals surface area (Å²) in [6, 6.07) is 14.6. The summed E-state index contributed by atoms with van der Waals surface area (Å²) in [5.41, 5.74) is 3.78. The SMILES string of the molecule is COc1ccc(C(Br)c2ccc3c(c2)CCO3)cc1. The van der Waals surface area contributed by atoms with Gasteiger partial charge in [-0.3, -0.25) is 0 Å². The molecule has 98 valence electrons. The molecule has 3 rings (SSSR count). The number of hydrogen-bond donors (Lipinski definition) is 0. The van der Waals surface area contributed by atoms with Crippen molar-refractivity contribution < 1.29 is 9.47 Å². The Bertz CT molecular complexity index is 578. The first-order valence-electron chi connectivity index (χ1n) is 6.31. The predicted octanol–water partition coefficient (Wildman–Crippen LogP) is 4.11. The third-order valence-corrected chi connectivity index (χ3v) is 4.47. The Morgan fingerprint density at radius 1 is 1.11 bits per heavy atom. The van der Waals surface area contributed by atoms with E-state index in [0.29, 0.717) is 0 Å². The fourth-order valence-corrected chi connectivity index (χ4v) is 2.92. The van der Waals surface area contributed by atoms with Crippen molar-refractivity contribution in [3.05, 3.63) is 59.2 Å². The van der Waals surface area contributed by atoms with Crippen LogP contribution in [-0.2, 0) is 6.42 Å². The molecule has 19 heavy (non-hydrogen) atoms. The van der Waals surface area contributed by atoms with Crippen LogP contribution >= 0.6 is 15.9 Å². The smallest absolute Gasteiger partial charge is 0.122 e. The third kappa shape index (κ3) is 2.47. The summed E-state index contributed by atoms with van der Waals surface area (Å²) in [5.74, 6) is 1.91. The Morgan fingerprint density at radius 3 is 2.58 bits per heavy atom. The number of methoxy groups -OCH3 is 1. The van der Waals surface area contributed by atoms with Gasteiger partial charge in [0.05, 0.1) is 18.5 Å². The van der Waals surface area contributed by atoms with E-state index in [0.717, 1.165) is 24.5 Å². The Morgan fingerprint density at radius 2 is 1.84 bits per heavy atom. The third-order valence-electron chi connectivity index (χ3n) is 3.41. The highest BCUT2D eigenvalue weighted by Crippen LogP contribution is 2.35. The van der Waals surface area contributed by atoms with E-state index in [-0.39, 0.29) is 4.83 Å². The van der Waals surface area contributed by atoms with Gasteiger partial charge in [-0.15, -0.1) is 0 Å². The van der Waals surface area contributed by atoms with E-state index in [4.69, 9.17) is 9.47 Å². The maximum Gasteiger partial charge on any atom is 0.122 e. The number of benzene rings is 2. The van der Waals surface area contributed by atoms with Crippen LogP contribution < -0.4 is 9.47 Å². The van der Waals surface area contributed by atoms with Gasteiger partial charge in [0, 0.05) is 6.42 Å². The molecule has 0 aromatic heterocycles. The van der Waals surface area contributed by atoms with E-state index in [1.165, 1.54) is 16.7 Å². The van der Waals surface area contributed by atoms with Crippen molar-refractivity contribution in [1.29, 1.82) is 0 Å². The lowest BCUT2D eigenvalue weighted by molar-refractivity contribution is 0.357. The fourth-order valence-electron chi connectivity index (χ4n) is 2.33. The average molecular weight is 319 g/mol. The Balaban J connectivity index is 1.88. The topological polar surface area (TPSA) is 18.5 Å². The van der Waals surface area contributed by atoms with Crippen LogP contribution in [0, 0.1) is 0 Å². The molecule has 0 fully saturated rings. The molecule has 0 spiro atoms. The highest BCUT2D eigenvalue weighted by Gasteiger charge is 2.16. The molecule has 2 aromatic carbocycles. The lowest BCUT2D eigenvalue weighted by Gasteiger charge is -2.12. The van der Waals surface area contributed by atoms with E-state index < -0.39 is 0 Å². The summed E-state index contributed by atoms with van der Waals surface area (Å²) in [4.78, 5) is 0.198. The quantitative estimate of drug-likeness (QED) is 0.793. The van der Waals surface area contributed by atoms with Gasteiger partial charge in [0.25, 0.3) is 0 Å². The molecular formula is C16H15BrO2. The zero-order chi connectivity index (χ0) is 13.2. The van der Waals surface area contributed by atoms with Gasteiger partial charge in [-0.05, 0) is 34.9 Å². The normalized spacial score (nSPS) is 14.6. The summed E-state index contributed by atoms with van der Waals surface area (Å²) < 4.78 is 10.7. The molecule has 0 amide bonds. The van der Waals surface area contributed by atoms with Crippen LogP contribution in [0.2, 0.25) is 0 Å². The van der Waals surface area contributed by atoms with Crippen molar-refractivity contribution in [3.8, 4) is 11.5 Å². The predicted molar refractivity (Wildman–Crippen MR) is 79.4 cm³/mol.